The summed E-state index contributed by atoms with van der Waals surface area (Å²) in [6.07, 6.45) is 3.65. The molecule has 2 N–H and O–H groups in total. The molecule has 2 heterocycles. The fourth-order valence-electron chi connectivity index (χ4n) is 2.81. The Bertz CT molecular complexity index is 1050. The van der Waals surface area contributed by atoms with Crippen molar-refractivity contribution in [2.75, 3.05) is 5.32 Å². The summed E-state index contributed by atoms with van der Waals surface area (Å²) in [7, 11) is 0. The van der Waals surface area contributed by atoms with Gasteiger partial charge in [0, 0.05) is 29.7 Å². The van der Waals surface area contributed by atoms with Crippen LogP contribution in [0, 0.1) is 4.77 Å². The molecule has 1 aromatic carbocycles. The largest absolute Gasteiger partial charge is 0.504 e. The Hall–Kier alpha value is -2.71. The maximum atomic E-state index is 12.3. The van der Waals surface area contributed by atoms with Gasteiger partial charge in [-0.15, -0.1) is 0 Å². The number of anilines is 1. The maximum Gasteiger partial charge on any atom is 0.227 e. The molecule has 0 spiro atoms. The van der Waals surface area contributed by atoms with E-state index in [1.54, 1.807) is 10.7 Å². The summed E-state index contributed by atoms with van der Waals surface area (Å²) in [5.41, 5.74) is 0.915. The third-order valence-corrected chi connectivity index (χ3v) is 5.04. The van der Waals surface area contributed by atoms with E-state index < -0.39 is 0 Å². The van der Waals surface area contributed by atoms with Crippen LogP contribution in [-0.4, -0.2) is 30.3 Å². The van der Waals surface area contributed by atoms with Crippen molar-refractivity contribution in [2.24, 2.45) is 0 Å². The van der Waals surface area contributed by atoms with Crippen molar-refractivity contribution < 1.29 is 9.90 Å². The molecule has 0 aliphatic rings. The van der Waals surface area contributed by atoms with Crippen LogP contribution in [0.1, 0.15) is 26.2 Å². The Balaban J connectivity index is 1.78. The molecule has 0 bridgehead atoms. The fraction of sp³-hybridized carbons (Fsp3) is 0.300. The van der Waals surface area contributed by atoms with Crippen LogP contribution < -0.4 is 5.32 Å². The zero-order valence-corrected chi connectivity index (χ0v) is 17.6. The number of rotatable bonds is 8. The van der Waals surface area contributed by atoms with Crippen LogP contribution >= 0.6 is 23.8 Å². The minimum atomic E-state index is -0.281. The second kappa shape index (κ2) is 9.67. The highest BCUT2D eigenvalue weighted by molar-refractivity contribution is 7.71. The summed E-state index contributed by atoms with van der Waals surface area (Å²) in [4.78, 5) is 16.2. The number of halogens is 1. The summed E-state index contributed by atoms with van der Waals surface area (Å²) in [6.45, 7) is 3.19. The molecular formula is C20H22ClN5O2S. The summed E-state index contributed by atoms with van der Waals surface area (Å²) in [5.74, 6) is 0.530. The van der Waals surface area contributed by atoms with Crippen LogP contribution in [0.4, 0.5) is 5.82 Å². The molecule has 3 rings (SSSR count). The molecule has 7 nitrogen and oxygen atoms in total. The highest BCUT2D eigenvalue weighted by atomic mass is 35.5. The predicted molar refractivity (Wildman–Crippen MR) is 116 cm³/mol. The second-order valence-corrected chi connectivity index (χ2v) is 7.31. The highest BCUT2D eigenvalue weighted by Gasteiger charge is 2.14. The number of amides is 1. The summed E-state index contributed by atoms with van der Waals surface area (Å²) in [5, 5.41) is 17.6. The lowest BCUT2D eigenvalue weighted by molar-refractivity contribution is -0.116. The third-order valence-electron chi connectivity index (χ3n) is 4.36. The summed E-state index contributed by atoms with van der Waals surface area (Å²) >= 11 is 11.6. The van der Waals surface area contributed by atoms with Gasteiger partial charge in [-0.25, -0.2) is 9.67 Å². The third kappa shape index (κ3) is 5.21. The van der Waals surface area contributed by atoms with Crippen molar-refractivity contribution in [1.29, 1.82) is 0 Å². The van der Waals surface area contributed by atoms with Crippen LogP contribution in [0.3, 0.4) is 0 Å². The molecular weight excluding hydrogens is 410 g/mol. The number of hydrogen-bond donors (Lipinski definition) is 2. The van der Waals surface area contributed by atoms with E-state index in [-0.39, 0.29) is 23.9 Å². The molecule has 0 saturated carbocycles. The molecule has 0 fully saturated rings. The van der Waals surface area contributed by atoms with E-state index in [4.69, 9.17) is 23.8 Å². The number of aromatic nitrogens is 4. The first-order valence-corrected chi connectivity index (χ1v) is 10.2. The van der Waals surface area contributed by atoms with Crippen molar-refractivity contribution >= 4 is 35.5 Å². The average Bonchev–Trinajstić information content (AvgIpc) is 3.02. The van der Waals surface area contributed by atoms with Gasteiger partial charge in [0.15, 0.2) is 22.2 Å². The van der Waals surface area contributed by atoms with Crippen LogP contribution in [0.2, 0.25) is 5.02 Å². The van der Waals surface area contributed by atoms with E-state index in [9.17, 15) is 9.90 Å². The van der Waals surface area contributed by atoms with E-state index in [1.807, 2.05) is 28.8 Å². The lowest BCUT2D eigenvalue weighted by Crippen LogP contribution is -2.16. The Morgan fingerprint density at radius 3 is 2.69 bits per heavy atom. The molecule has 0 saturated heterocycles. The van der Waals surface area contributed by atoms with Crippen molar-refractivity contribution in [3.63, 3.8) is 0 Å². The fourth-order valence-corrected chi connectivity index (χ4v) is 3.25. The molecule has 152 valence electrons. The SMILES string of the molecule is CCCCn1c(-c2ccc(Cl)cc2)nn(CCC(=O)Nc2ncccc2O)c1=S. The van der Waals surface area contributed by atoms with Crippen LogP contribution in [0.15, 0.2) is 42.6 Å². The lowest BCUT2D eigenvalue weighted by Gasteiger charge is -2.06. The van der Waals surface area contributed by atoms with Gasteiger partial charge in [-0.1, -0.05) is 24.9 Å². The molecule has 0 radical (unpaired) electrons. The number of carbonyl (C=O) groups excluding carboxylic acids is 1. The van der Waals surface area contributed by atoms with E-state index >= 15 is 0 Å². The van der Waals surface area contributed by atoms with Gasteiger partial charge >= 0.3 is 0 Å². The number of aryl methyl sites for hydroxylation is 1. The molecule has 0 unspecified atom stereocenters. The van der Waals surface area contributed by atoms with Crippen LogP contribution in [0.5, 0.6) is 5.75 Å². The van der Waals surface area contributed by atoms with Gasteiger partial charge in [-0.3, -0.25) is 9.36 Å². The van der Waals surface area contributed by atoms with Gasteiger partial charge in [0.2, 0.25) is 5.91 Å². The number of aromatic hydroxyl groups is 1. The molecule has 0 aliphatic carbocycles. The molecule has 0 aliphatic heterocycles. The van der Waals surface area contributed by atoms with Crippen molar-refractivity contribution in [2.45, 2.75) is 39.3 Å². The standard InChI is InChI=1S/C20H22ClN5O2S/c1-2-3-12-25-19(14-6-8-15(21)9-7-14)24-26(20(25)29)13-10-17(28)23-18-16(27)5-4-11-22-18/h4-9,11,27H,2-3,10,12-13H2,1H3,(H,22,23,28). The molecule has 2 aromatic heterocycles. The van der Waals surface area contributed by atoms with Crippen LogP contribution in [-0.2, 0) is 17.9 Å². The number of nitrogens with zero attached hydrogens (tertiary/aromatic N) is 4. The van der Waals surface area contributed by atoms with Crippen LogP contribution in [0.25, 0.3) is 11.4 Å². The molecule has 9 heteroatoms. The number of unbranched alkanes of at least 4 members (excludes halogenated alkanes) is 1. The Kier molecular flexibility index (Phi) is 7.00. The number of benzene rings is 1. The normalized spacial score (nSPS) is 10.8. The number of carbonyl (C=O) groups is 1. The molecule has 29 heavy (non-hydrogen) atoms. The van der Waals surface area contributed by atoms with E-state index in [0.29, 0.717) is 16.3 Å². The number of pyridine rings is 1. The predicted octanol–water partition coefficient (Wildman–Crippen LogP) is 4.66. The first kappa shape index (κ1) is 21.0. The van der Waals surface area contributed by atoms with Crippen molar-refractivity contribution in [3.05, 3.63) is 52.4 Å². The minimum absolute atomic E-state index is 0.0775. The Morgan fingerprint density at radius 1 is 1.24 bits per heavy atom. The zero-order chi connectivity index (χ0) is 20.8. The smallest absolute Gasteiger partial charge is 0.227 e. The van der Waals surface area contributed by atoms with E-state index in [1.165, 1.54) is 12.3 Å². The molecule has 1 amide bonds. The van der Waals surface area contributed by atoms with E-state index in [0.717, 1.165) is 30.8 Å². The van der Waals surface area contributed by atoms with Gasteiger partial charge in [-0.2, -0.15) is 5.10 Å². The quantitative estimate of drug-likeness (QED) is 0.506. The molecule has 3 aromatic rings. The van der Waals surface area contributed by atoms with Gasteiger partial charge in [0.1, 0.15) is 0 Å². The van der Waals surface area contributed by atoms with Gasteiger partial charge in [-0.05, 0) is 55.0 Å². The second-order valence-electron chi connectivity index (χ2n) is 6.51. The summed E-state index contributed by atoms with van der Waals surface area (Å²) in [6, 6.07) is 10.5. The zero-order valence-electron chi connectivity index (χ0n) is 16.0. The molecule has 0 atom stereocenters. The topological polar surface area (TPSA) is 85.0 Å². The highest BCUT2D eigenvalue weighted by Crippen LogP contribution is 2.22. The maximum absolute atomic E-state index is 12.3. The van der Waals surface area contributed by atoms with Crippen molar-refractivity contribution in [1.82, 2.24) is 19.3 Å². The van der Waals surface area contributed by atoms with Gasteiger partial charge < -0.3 is 10.4 Å². The number of hydrogen-bond acceptors (Lipinski definition) is 5. The Labute approximate surface area is 179 Å². The monoisotopic (exact) mass is 431 g/mol. The number of nitrogens with one attached hydrogen (secondary N) is 1. The minimum Gasteiger partial charge on any atom is -0.504 e. The average molecular weight is 432 g/mol. The first-order chi connectivity index (χ1) is 14.0. The van der Waals surface area contributed by atoms with E-state index in [2.05, 4.69) is 22.3 Å². The van der Waals surface area contributed by atoms with Gasteiger partial charge in [0.05, 0.1) is 6.54 Å². The first-order valence-electron chi connectivity index (χ1n) is 9.37. The Morgan fingerprint density at radius 2 is 2.00 bits per heavy atom. The lowest BCUT2D eigenvalue weighted by atomic mass is 10.2. The van der Waals surface area contributed by atoms with Crippen molar-refractivity contribution in [3.8, 4) is 17.1 Å². The van der Waals surface area contributed by atoms with Gasteiger partial charge in [0.25, 0.3) is 0 Å². The summed E-state index contributed by atoms with van der Waals surface area (Å²) < 4.78 is 4.22.